The van der Waals surface area contributed by atoms with E-state index in [1.807, 2.05) is 20.8 Å². The van der Waals surface area contributed by atoms with Gasteiger partial charge in [0.05, 0.1) is 5.56 Å². The summed E-state index contributed by atoms with van der Waals surface area (Å²) in [7, 11) is 0. The lowest BCUT2D eigenvalue weighted by Gasteiger charge is -2.20. The van der Waals surface area contributed by atoms with E-state index >= 15 is 0 Å². The van der Waals surface area contributed by atoms with E-state index in [-0.39, 0.29) is 17.7 Å². The van der Waals surface area contributed by atoms with Crippen LogP contribution >= 0.6 is 0 Å². The highest BCUT2D eigenvalue weighted by Gasteiger charge is 2.29. The Morgan fingerprint density at radius 3 is 2.10 bits per heavy atom. The third-order valence-electron chi connectivity index (χ3n) is 2.74. The maximum Gasteiger partial charge on any atom is 0.416 e. The maximum atomic E-state index is 12.4. The van der Waals surface area contributed by atoms with Crippen LogP contribution < -0.4 is 5.32 Å². The van der Waals surface area contributed by atoms with Gasteiger partial charge in [-0.05, 0) is 38.5 Å². The Bertz CT molecular complexity index is 444. The molecule has 0 amide bonds. The van der Waals surface area contributed by atoms with Crippen molar-refractivity contribution in [3.63, 3.8) is 0 Å². The number of ketones is 1. The molecule has 0 bridgehead atoms. The molecule has 1 N–H and O–H groups in total. The fourth-order valence-corrected chi connectivity index (χ4v) is 1.70. The van der Waals surface area contributed by atoms with Crippen LogP contribution in [0.4, 0.5) is 13.2 Å². The molecule has 20 heavy (non-hydrogen) atoms. The Morgan fingerprint density at radius 1 is 1.10 bits per heavy atom. The standard InChI is InChI=1S/C15H20F3NO/c1-14(2,3)19-9-8-13(20)10-11-4-6-12(7-5-11)15(16,17)18/h4-7,19H,8-10H2,1-3H3. The average molecular weight is 287 g/mol. The molecule has 1 aromatic carbocycles. The molecule has 0 fully saturated rings. The molecular weight excluding hydrogens is 267 g/mol. The van der Waals surface area contributed by atoms with Crippen LogP contribution in [0.3, 0.4) is 0 Å². The lowest BCUT2D eigenvalue weighted by molar-refractivity contribution is -0.137. The lowest BCUT2D eigenvalue weighted by atomic mass is 10.0. The van der Waals surface area contributed by atoms with Crippen molar-refractivity contribution in [1.82, 2.24) is 5.32 Å². The monoisotopic (exact) mass is 287 g/mol. The van der Waals surface area contributed by atoms with Gasteiger partial charge in [-0.25, -0.2) is 0 Å². The van der Waals surface area contributed by atoms with Gasteiger partial charge in [-0.1, -0.05) is 12.1 Å². The second kappa shape index (κ2) is 6.39. The Morgan fingerprint density at radius 2 is 1.65 bits per heavy atom. The largest absolute Gasteiger partial charge is 0.416 e. The highest BCUT2D eigenvalue weighted by atomic mass is 19.4. The predicted octanol–water partition coefficient (Wildman–Crippen LogP) is 3.60. The summed E-state index contributed by atoms with van der Waals surface area (Å²) in [5.74, 6) is 0.0153. The van der Waals surface area contributed by atoms with E-state index in [1.54, 1.807) is 0 Å². The summed E-state index contributed by atoms with van der Waals surface area (Å²) in [4.78, 5) is 11.7. The molecule has 0 saturated carbocycles. The number of alkyl halides is 3. The van der Waals surface area contributed by atoms with E-state index in [9.17, 15) is 18.0 Å². The fraction of sp³-hybridized carbons (Fsp3) is 0.533. The first-order chi connectivity index (χ1) is 9.08. The molecule has 0 aromatic heterocycles. The molecule has 0 aliphatic carbocycles. The number of carbonyl (C=O) groups excluding carboxylic acids is 1. The zero-order valence-electron chi connectivity index (χ0n) is 12.0. The van der Waals surface area contributed by atoms with Crippen molar-refractivity contribution < 1.29 is 18.0 Å². The number of rotatable bonds is 5. The molecule has 0 heterocycles. The van der Waals surface area contributed by atoms with Gasteiger partial charge in [0, 0.05) is 24.9 Å². The Balaban J connectivity index is 2.47. The first-order valence-corrected chi connectivity index (χ1v) is 6.51. The van der Waals surface area contributed by atoms with Crippen molar-refractivity contribution in [2.24, 2.45) is 0 Å². The van der Waals surface area contributed by atoms with Crippen LogP contribution in [0, 0.1) is 0 Å². The van der Waals surface area contributed by atoms with Crippen LogP contribution in [0.5, 0.6) is 0 Å². The summed E-state index contributed by atoms with van der Waals surface area (Å²) >= 11 is 0. The van der Waals surface area contributed by atoms with Crippen molar-refractivity contribution in [3.8, 4) is 0 Å². The van der Waals surface area contributed by atoms with Crippen molar-refractivity contribution in [1.29, 1.82) is 0 Å². The van der Waals surface area contributed by atoms with Crippen LogP contribution in [0.1, 0.15) is 38.3 Å². The summed E-state index contributed by atoms with van der Waals surface area (Å²) in [6, 6.07) is 4.74. The summed E-state index contributed by atoms with van der Waals surface area (Å²) in [5, 5.41) is 3.20. The van der Waals surface area contributed by atoms with Gasteiger partial charge < -0.3 is 5.32 Å². The van der Waals surface area contributed by atoms with E-state index in [0.29, 0.717) is 18.5 Å². The number of hydrogen-bond acceptors (Lipinski definition) is 2. The van der Waals surface area contributed by atoms with Gasteiger partial charge in [0.1, 0.15) is 5.78 Å². The third-order valence-corrected chi connectivity index (χ3v) is 2.74. The third kappa shape index (κ3) is 6.19. The SMILES string of the molecule is CC(C)(C)NCCC(=O)Cc1ccc(C(F)(F)F)cc1. The fourth-order valence-electron chi connectivity index (χ4n) is 1.70. The summed E-state index contributed by atoms with van der Waals surface area (Å²) in [6.07, 6.45) is -3.79. The maximum absolute atomic E-state index is 12.4. The van der Waals surface area contributed by atoms with E-state index in [0.717, 1.165) is 12.1 Å². The number of Topliss-reactive ketones (excluding diaryl/α,β-unsaturated/α-hetero) is 1. The van der Waals surface area contributed by atoms with E-state index in [1.165, 1.54) is 12.1 Å². The highest BCUT2D eigenvalue weighted by molar-refractivity contribution is 5.81. The normalized spacial score (nSPS) is 12.5. The second-order valence-electron chi connectivity index (χ2n) is 5.84. The first kappa shape index (κ1) is 16.7. The number of carbonyl (C=O) groups is 1. The van der Waals surface area contributed by atoms with E-state index in [2.05, 4.69) is 5.32 Å². The summed E-state index contributed by atoms with van der Waals surface area (Å²) in [5.41, 5.74) is -0.129. The molecule has 0 saturated heterocycles. The van der Waals surface area contributed by atoms with Crippen molar-refractivity contribution >= 4 is 5.78 Å². The molecule has 0 atom stereocenters. The number of nitrogens with one attached hydrogen (secondary N) is 1. The minimum atomic E-state index is -4.33. The molecule has 1 rings (SSSR count). The zero-order chi connectivity index (χ0) is 15.4. The molecule has 0 unspecified atom stereocenters. The number of benzene rings is 1. The Hall–Kier alpha value is -1.36. The van der Waals surface area contributed by atoms with Gasteiger partial charge >= 0.3 is 6.18 Å². The van der Waals surface area contributed by atoms with Crippen LogP contribution in [0.25, 0.3) is 0 Å². The predicted molar refractivity (Wildman–Crippen MR) is 72.5 cm³/mol. The minimum absolute atomic E-state index is 0.0153. The first-order valence-electron chi connectivity index (χ1n) is 6.51. The Kier molecular flexibility index (Phi) is 5.34. The molecule has 0 aliphatic rings. The molecule has 1 aromatic rings. The van der Waals surface area contributed by atoms with Crippen LogP contribution in [-0.4, -0.2) is 17.9 Å². The van der Waals surface area contributed by atoms with Gasteiger partial charge in [0.25, 0.3) is 0 Å². The van der Waals surface area contributed by atoms with Crippen molar-refractivity contribution in [2.75, 3.05) is 6.54 Å². The smallest absolute Gasteiger partial charge is 0.312 e. The molecule has 5 heteroatoms. The average Bonchev–Trinajstić information content (AvgIpc) is 2.26. The molecule has 0 radical (unpaired) electrons. The summed E-state index contributed by atoms with van der Waals surface area (Å²) in [6.45, 7) is 6.59. The summed E-state index contributed by atoms with van der Waals surface area (Å²) < 4.78 is 37.2. The van der Waals surface area contributed by atoms with Gasteiger partial charge in [-0.3, -0.25) is 4.79 Å². The van der Waals surface area contributed by atoms with Gasteiger partial charge in [0.2, 0.25) is 0 Å². The van der Waals surface area contributed by atoms with E-state index < -0.39 is 11.7 Å². The molecule has 0 spiro atoms. The highest BCUT2D eigenvalue weighted by Crippen LogP contribution is 2.29. The second-order valence-corrected chi connectivity index (χ2v) is 5.84. The van der Waals surface area contributed by atoms with Crippen molar-refractivity contribution in [2.45, 2.75) is 45.3 Å². The van der Waals surface area contributed by atoms with E-state index in [4.69, 9.17) is 0 Å². The van der Waals surface area contributed by atoms with Crippen LogP contribution in [0.2, 0.25) is 0 Å². The minimum Gasteiger partial charge on any atom is -0.312 e. The Labute approximate surface area is 117 Å². The topological polar surface area (TPSA) is 29.1 Å². The number of hydrogen-bond donors (Lipinski definition) is 1. The molecular formula is C15H20F3NO. The van der Waals surface area contributed by atoms with Crippen LogP contribution in [0.15, 0.2) is 24.3 Å². The van der Waals surface area contributed by atoms with Crippen LogP contribution in [-0.2, 0) is 17.4 Å². The lowest BCUT2D eigenvalue weighted by Crippen LogP contribution is -2.37. The molecule has 2 nitrogen and oxygen atoms in total. The zero-order valence-corrected chi connectivity index (χ0v) is 12.0. The number of halogens is 3. The quantitative estimate of drug-likeness (QED) is 0.896. The van der Waals surface area contributed by atoms with Gasteiger partial charge in [0.15, 0.2) is 0 Å². The molecule has 0 aliphatic heterocycles. The van der Waals surface area contributed by atoms with Gasteiger partial charge in [-0.15, -0.1) is 0 Å². The molecule has 112 valence electrons. The van der Waals surface area contributed by atoms with Gasteiger partial charge in [-0.2, -0.15) is 13.2 Å². The van der Waals surface area contributed by atoms with Crippen molar-refractivity contribution in [3.05, 3.63) is 35.4 Å².